The molecular formula is C25H19ClFN3O2. The molecule has 32 heavy (non-hydrogen) atoms. The van der Waals surface area contributed by atoms with Crippen LogP contribution < -0.4 is 4.74 Å². The number of benzene rings is 2. The number of nitrogens with one attached hydrogen (secondary N) is 1. The van der Waals surface area contributed by atoms with Gasteiger partial charge in [0.25, 0.3) is 0 Å². The highest BCUT2D eigenvalue weighted by Crippen LogP contribution is 2.41. The van der Waals surface area contributed by atoms with Crippen molar-refractivity contribution < 1.29 is 13.9 Å². The van der Waals surface area contributed by atoms with Gasteiger partial charge in [0.15, 0.2) is 0 Å². The Morgan fingerprint density at radius 2 is 2.00 bits per heavy atom. The van der Waals surface area contributed by atoms with Crippen molar-refractivity contribution >= 4 is 39.6 Å². The Balaban J connectivity index is 2.05. The fourth-order valence-electron chi connectivity index (χ4n) is 3.61. The number of alkyl halides is 1. The van der Waals surface area contributed by atoms with Gasteiger partial charge in [-0.25, -0.2) is 4.79 Å². The monoisotopic (exact) mass is 447 g/mol. The quantitative estimate of drug-likeness (QED) is 0.213. The number of carbonyl (C=O) groups excluding carboxylic acids is 1. The maximum absolute atomic E-state index is 13.8. The first kappa shape index (κ1) is 21.5. The van der Waals surface area contributed by atoms with E-state index in [1.165, 1.54) is 6.20 Å². The Kier molecular flexibility index (Phi) is 6.42. The van der Waals surface area contributed by atoms with Crippen LogP contribution in [0.2, 0.25) is 5.02 Å². The summed E-state index contributed by atoms with van der Waals surface area (Å²) in [7, 11) is 0. The first-order valence-corrected chi connectivity index (χ1v) is 10.3. The lowest BCUT2D eigenvalue weighted by Crippen LogP contribution is -2.06. The number of halogens is 2. The van der Waals surface area contributed by atoms with E-state index in [1.54, 1.807) is 30.6 Å². The van der Waals surface area contributed by atoms with E-state index in [9.17, 15) is 9.18 Å². The SMILES string of the molecule is C=CC(=O)Oc1ccccc1/C(=C(\CCF)c1ccncc1Cl)c1ccc2[nH]ncc2c1. The van der Waals surface area contributed by atoms with Crippen LogP contribution in [0.25, 0.3) is 22.0 Å². The number of esters is 1. The summed E-state index contributed by atoms with van der Waals surface area (Å²) < 4.78 is 19.3. The molecule has 2 heterocycles. The molecule has 160 valence electrons. The number of para-hydroxylation sites is 1. The average Bonchev–Trinajstić information content (AvgIpc) is 3.28. The number of carbonyl (C=O) groups is 1. The number of fused-ring (bicyclic) bond motifs is 1. The smallest absolute Gasteiger partial charge is 0.335 e. The second-order valence-corrected chi connectivity index (χ2v) is 7.35. The zero-order chi connectivity index (χ0) is 22.5. The summed E-state index contributed by atoms with van der Waals surface area (Å²) >= 11 is 6.47. The maximum atomic E-state index is 13.8. The van der Waals surface area contributed by atoms with Crippen LogP contribution in [0.15, 0.2) is 79.8 Å². The largest absolute Gasteiger partial charge is 0.423 e. The van der Waals surface area contributed by atoms with E-state index in [0.29, 0.717) is 33.0 Å². The van der Waals surface area contributed by atoms with Crippen molar-refractivity contribution in [1.82, 2.24) is 15.2 Å². The maximum Gasteiger partial charge on any atom is 0.335 e. The standard InChI is InChI=1S/C25H19ClFN3O2/c1-2-24(31)32-23-6-4-3-5-20(23)25(16-7-8-22-17(13-16)14-29-30-22)19(9-11-27)18-10-12-28-15-21(18)26/h2-8,10,12-15H,1,9,11H2,(H,29,30)/b25-19+. The number of H-pyrrole nitrogens is 1. The Bertz CT molecular complexity index is 1330. The fraction of sp³-hybridized carbons (Fsp3) is 0.0800. The molecule has 2 aromatic carbocycles. The second kappa shape index (κ2) is 9.58. The van der Waals surface area contributed by atoms with Crippen LogP contribution in [0.3, 0.4) is 0 Å². The van der Waals surface area contributed by atoms with Gasteiger partial charge < -0.3 is 4.74 Å². The molecule has 0 aliphatic rings. The van der Waals surface area contributed by atoms with Crippen LogP contribution in [0.5, 0.6) is 5.75 Å². The molecule has 4 rings (SSSR count). The molecule has 7 heteroatoms. The summed E-state index contributed by atoms with van der Waals surface area (Å²) in [6.45, 7) is 2.87. The van der Waals surface area contributed by atoms with Crippen molar-refractivity contribution in [3.8, 4) is 5.75 Å². The zero-order valence-corrected chi connectivity index (χ0v) is 17.8. The summed E-state index contributed by atoms with van der Waals surface area (Å²) in [6.07, 6.45) is 6.05. The number of aromatic nitrogens is 3. The molecule has 0 saturated heterocycles. The lowest BCUT2D eigenvalue weighted by Gasteiger charge is -2.19. The van der Waals surface area contributed by atoms with Gasteiger partial charge in [-0.3, -0.25) is 14.5 Å². The van der Waals surface area contributed by atoms with Crippen molar-refractivity contribution in [2.75, 3.05) is 6.67 Å². The molecule has 1 N–H and O–H groups in total. The number of aromatic amines is 1. The van der Waals surface area contributed by atoms with E-state index in [1.807, 2.05) is 30.3 Å². The fourth-order valence-corrected chi connectivity index (χ4v) is 3.84. The molecule has 0 fully saturated rings. The lowest BCUT2D eigenvalue weighted by atomic mass is 9.87. The number of ether oxygens (including phenoxy) is 1. The third-order valence-corrected chi connectivity index (χ3v) is 5.31. The normalized spacial score (nSPS) is 11.8. The molecule has 0 aliphatic heterocycles. The van der Waals surface area contributed by atoms with Crippen molar-refractivity contribution in [3.63, 3.8) is 0 Å². The van der Waals surface area contributed by atoms with Gasteiger partial charge in [-0.05, 0) is 41.0 Å². The third kappa shape index (κ3) is 4.31. The minimum atomic E-state index is -0.597. The number of allylic oxidation sites excluding steroid dienone is 1. The Labute approximate surface area is 189 Å². The summed E-state index contributed by atoms with van der Waals surface area (Å²) in [5.41, 5.74) is 4.33. The van der Waals surface area contributed by atoms with Crippen LogP contribution >= 0.6 is 11.6 Å². The Morgan fingerprint density at radius 1 is 1.16 bits per heavy atom. The molecule has 0 radical (unpaired) electrons. The highest BCUT2D eigenvalue weighted by molar-refractivity contribution is 6.32. The zero-order valence-electron chi connectivity index (χ0n) is 17.0. The van der Waals surface area contributed by atoms with Crippen molar-refractivity contribution in [2.24, 2.45) is 0 Å². The molecule has 0 atom stereocenters. The van der Waals surface area contributed by atoms with Gasteiger partial charge in [-0.2, -0.15) is 5.10 Å². The first-order chi connectivity index (χ1) is 15.6. The van der Waals surface area contributed by atoms with E-state index in [0.717, 1.165) is 22.5 Å². The number of hydrogen-bond donors (Lipinski definition) is 1. The molecule has 5 nitrogen and oxygen atoms in total. The van der Waals surface area contributed by atoms with Crippen LogP contribution in [0.4, 0.5) is 4.39 Å². The Hall–Kier alpha value is -3.77. The van der Waals surface area contributed by atoms with E-state index in [2.05, 4.69) is 21.8 Å². The molecule has 0 spiro atoms. The van der Waals surface area contributed by atoms with Crippen LogP contribution in [0, 0.1) is 0 Å². The van der Waals surface area contributed by atoms with Crippen molar-refractivity contribution in [1.29, 1.82) is 0 Å². The summed E-state index contributed by atoms with van der Waals surface area (Å²) in [6, 6.07) is 14.6. The van der Waals surface area contributed by atoms with Gasteiger partial charge in [0.1, 0.15) is 5.75 Å². The number of hydrogen-bond acceptors (Lipinski definition) is 4. The topological polar surface area (TPSA) is 67.9 Å². The molecule has 0 bridgehead atoms. The van der Waals surface area contributed by atoms with E-state index in [-0.39, 0.29) is 6.42 Å². The van der Waals surface area contributed by atoms with Gasteiger partial charge in [-0.1, -0.05) is 42.4 Å². The van der Waals surface area contributed by atoms with Gasteiger partial charge in [-0.15, -0.1) is 0 Å². The summed E-state index contributed by atoms with van der Waals surface area (Å²) in [5, 5.41) is 8.31. The van der Waals surface area contributed by atoms with E-state index >= 15 is 0 Å². The van der Waals surface area contributed by atoms with E-state index in [4.69, 9.17) is 16.3 Å². The van der Waals surface area contributed by atoms with Gasteiger partial charge in [0.05, 0.1) is 23.4 Å². The predicted octanol–water partition coefficient (Wildman–Crippen LogP) is 6.02. The van der Waals surface area contributed by atoms with Gasteiger partial charge in [0.2, 0.25) is 0 Å². The average molecular weight is 448 g/mol. The number of rotatable bonds is 7. The molecule has 2 aromatic heterocycles. The minimum absolute atomic E-state index is 0.103. The van der Waals surface area contributed by atoms with Crippen LogP contribution in [-0.4, -0.2) is 27.8 Å². The third-order valence-electron chi connectivity index (χ3n) is 5.01. The van der Waals surface area contributed by atoms with Crippen molar-refractivity contribution in [3.05, 3.63) is 101 Å². The highest BCUT2D eigenvalue weighted by Gasteiger charge is 2.20. The van der Waals surface area contributed by atoms with Crippen LogP contribution in [-0.2, 0) is 4.79 Å². The molecular weight excluding hydrogens is 429 g/mol. The van der Waals surface area contributed by atoms with Crippen LogP contribution in [0.1, 0.15) is 23.1 Å². The summed E-state index contributed by atoms with van der Waals surface area (Å²) in [4.78, 5) is 16.0. The Morgan fingerprint density at radius 3 is 2.78 bits per heavy atom. The van der Waals surface area contributed by atoms with E-state index < -0.39 is 12.6 Å². The number of pyridine rings is 1. The van der Waals surface area contributed by atoms with Gasteiger partial charge >= 0.3 is 5.97 Å². The lowest BCUT2D eigenvalue weighted by molar-refractivity contribution is -0.128. The van der Waals surface area contributed by atoms with Gasteiger partial charge in [0, 0.05) is 41.4 Å². The molecule has 0 amide bonds. The molecule has 4 aromatic rings. The first-order valence-electron chi connectivity index (χ1n) is 9.88. The molecule has 0 aliphatic carbocycles. The molecule has 0 unspecified atom stereocenters. The second-order valence-electron chi connectivity index (χ2n) is 6.94. The molecule has 0 saturated carbocycles. The van der Waals surface area contributed by atoms with Crippen molar-refractivity contribution in [2.45, 2.75) is 6.42 Å². The predicted molar refractivity (Wildman–Crippen MR) is 124 cm³/mol. The summed E-state index contributed by atoms with van der Waals surface area (Å²) in [5.74, 6) is -0.253. The minimum Gasteiger partial charge on any atom is -0.423 e. The highest BCUT2D eigenvalue weighted by atomic mass is 35.5. The number of nitrogens with zero attached hydrogens (tertiary/aromatic N) is 2.